The third-order valence-corrected chi connectivity index (χ3v) is 3.64. The Morgan fingerprint density at radius 3 is 3.07 bits per heavy atom. The van der Waals surface area contributed by atoms with Crippen LogP contribution in [0.1, 0.15) is 19.3 Å². The summed E-state index contributed by atoms with van der Waals surface area (Å²) in [5.41, 5.74) is -0.0774. The average molecular weight is 212 g/mol. The van der Waals surface area contributed by atoms with E-state index in [-0.39, 0.29) is 5.41 Å². The van der Waals surface area contributed by atoms with Crippen molar-refractivity contribution in [1.82, 2.24) is 10.2 Å². The third kappa shape index (κ3) is 2.01. The van der Waals surface area contributed by atoms with Gasteiger partial charge in [-0.25, -0.2) is 0 Å². The zero-order chi connectivity index (χ0) is 10.7. The molecule has 86 valence electrons. The maximum Gasteiger partial charge on any atom is 0.230 e. The Morgan fingerprint density at radius 2 is 2.40 bits per heavy atom. The zero-order valence-electron chi connectivity index (χ0n) is 9.42. The Hall–Kier alpha value is -0.610. The van der Waals surface area contributed by atoms with Crippen molar-refractivity contribution in [2.75, 3.05) is 39.9 Å². The highest BCUT2D eigenvalue weighted by Crippen LogP contribution is 2.37. The largest absolute Gasteiger partial charge is 0.383 e. The summed E-state index contributed by atoms with van der Waals surface area (Å²) in [7, 11) is 1.68. The molecule has 2 aliphatic heterocycles. The van der Waals surface area contributed by atoms with Gasteiger partial charge >= 0.3 is 0 Å². The molecule has 0 aromatic carbocycles. The molecule has 4 nitrogen and oxygen atoms in total. The molecule has 0 unspecified atom stereocenters. The van der Waals surface area contributed by atoms with Crippen LogP contribution in [0.4, 0.5) is 0 Å². The molecule has 1 atom stereocenters. The van der Waals surface area contributed by atoms with Crippen LogP contribution in [-0.2, 0) is 9.53 Å². The number of ether oxygens (including phenoxy) is 1. The highest BCUT2D eigenvalue weighted by molar-refractivity contribution is 5.85. The first kappa shape index (κ1) is 10.9. The molecule has 15 heavy (non-hydrogen) atoms. The summed E-state index contributed by atoms with van der Waals surface area (Å²) in [5.74, 6) is 0.340. The monoisotopic (exact) mass is 212 g/mol. The summed E-state index contributed by atoms with van der Waals surface area (Å²) in [6.07, 6.45) is 3.20. The molecule has 0 aliphatic carbocycles. The van der Waals surface area contributed by atoms with Crippen LogP contribution in [0.5, 0.6) is 0 Å². The molecule has 1 N–H and O–H groups in total. The Bertz CT molecular complexity index is 237. The minimum Gasteiger partial charge on any atom is -0.383 e. The number of hydrogen-bond donors (Lipinski definition) is 1. The summed E-state index contributed by atoms with van der Waals surface area (Å²) in [6, 6.07) is 0. The molecule has 1 spiro atoms. The lowest BCUT2D eigenvalue weighted by Crippen LogP contribution is -2.46. The molecule has 2 aliphatic rings. The SMILES string of the molecule is COCCN1CC[C@@]2(CCCNC2)C1=O. The molecule has 0 radical (unpaired) electrons. The molecule has 2 saturated heterocycles. The van der Waals surface area contributed by atoms with Crippen LogP contribution in [-0.4, -0.2) is 50.7 Å². The van der Waals surface area contributed by atoms with Crippen LogP contribution in [0.15, 0.2) is 0 Å². The third-order valence-electron chi connectivity index (χ3n) is 3.64. The quantitative estimate of drug-likeness (QED) is 0.728. The van der Waals surface area contributed by atoms with Crippen molar-refractivity contribution < 1.29 is 9.53 Å². The molecule has 4 heteroatoms. The normalized spacial score (nSPS) is 31.5. The van der Waals surface area contributed by atoms with E-state index in [1.54, 1.807) is 7.11 Å². The molecule has 1 amide bonds. The van der Waals surface area contributed by atoms with E-state index in [0.717, 1.165) is 45.4 Å². The molecule has 0 saturated carbocycles. The van der Waals surface area contributed by atoms with Crippen LogP contribution < -0.4 is 5.32 Å². The second-order valence-corrected chi connectivity index (χ2v) is 4.60. The lowest BCUT2D eigenvalue weighted by atomic mass is 9.79. The van der Waals surface area contributed by atoms with Crippen LogP contribution in [0.25, 0.3) is 0 Å². The summed E-state index contributed by atoms with van der Waals surface area (Å²) in [5, 5.41) is 3.35. The van der Waals surface area contributed by atoms with Crippen LogP contribution in [0.2, 0.25) is 0 Å². The standard InChI is InChI=1S/C11H20N2O2/c1-15-8-7-13-6-4-11(10(13)14)3-2-5-12-9-11/h12H,2-9H2,1H3/t11-/m1/s1. The number of hydrogen-bond acceptors (Lipinski definition) is 3. The molecule has 0 bridgehead atoms. The first-order valence-electron chi connectivity index (χ1n) is 5.77. The average Bonchev–Trinajstić information content (AvgIpc) is 2.56. The Kier molecular flexibility index (Phi) is 3.26. The van der Waals surface area contributed by atoms with Gasteiger partial charge in [0.05, 0.1) is 12.0 Å². The van der Waals surface area contributed by atoms with E-state index >= 15 is 0 Å². The summed E-state index contributed by atoms with van der Waals surface area (Å²) in [6.45, 7) is 4.23. The molecule has 2 fully saturated rings. The van der Waals surface area contributed by atoms with Crippen LogP contribution >= 0.6 is 0 Å². The lowest BCUT2D eigenvalue weighted by Gasteiger charge is -2.32. The number of carbonyl (C=O) groups excluding carboxylic acids is 1. The molecule has 2 heterocycles. The molecule has 0 aromatic rings. The van der Waals surface area contributed by atoms with E-state index in [4.69, 9.17) is 4.74 Å². The zero-order valence-corrected chi connectivity index (χ0v) is 9.42. The number of piperidine rings is 1. The van der Waals surface area contributed by atoms with Gasteiger partial charge in [-0.15, -0.1) is 0 Å². The fourth-order valence-electron chi connectivity index (χ4n) is 2.67. The Morgan fingerprint density at radius 1 is 1.53 bits per heavy atom. The predicted octanol–water partition coefficient (Wildman–Crippen LogP) is 0.235. The second-order valence-electron chi connectivity index (χ2n) is 4.60. The van der Waals surface area contributed by atoms with Crippen molar-refractivity contribution in [2.45, 2.75) is 19.3 Å². The summed E-state index contributed by atoms with van der Waals surface area (Å²) < 4.78 is 5.02. The number of likely N-dealkylation sites (tertiary alicyclic amines) is 1. The highest BCUT2D eigenvalue weighted by atomic mass is 16.5. The highest BCUT2D eigenvalue weighted by Gasteiger charge is 2.46. The van der Waals surface area contributed by atoms with Gasteiger partial charge in [0.25, 0.3) is 0 Å². The van der Waals surface area contributed by atoms with Crippen LogP contribution in [0.3, 0.4) is 0 Å². The molecular formula is C11H20N2O2. The van der Waals surface area contributed by atoms with Gasteiger partial charge in [0.2, 0.25) is 5.91 Å². The number of nitrogens with zero attached hydrogens (tertiary/aromatic N) is 1. The van der Waals surface area contributed by atoms with Crippen molar-refractivity contribution in [3.05, 3.63) is 0 Å². The second kappa shape index (κ2) is 4.49. The van der Waals surface area contributed by atoms with Crippen molar-refractivity contribution in [2.24, 2.45) is 5.41 Å². The van der Waals surface area contributed by atoms with Gasteiger partial charge in [0, 0.05) is 26.7 Å². The minimum absolute atomic E-state index is 0.0774. The van der Waals surface area contributed by atoms with Gasteiger partial charge in [-0.2, -0.15) is 0 Å². The predicted molar refractivity (Wildman–Crippen MR) is 57.6 cm³/mol. The van der Waals surface area contributed by atoms with Crippen molar-refractivity contribution in [3.8, 4) is 0 Å². The fraction of sp³-hybridized carbons (Fsp3) is 0.909. The minimum atomic E-state index is -0.0774. The fourth-order valence-corrected chi connectivity index (χ4v) is 2.67. The maximum absolute atomic E-state index is 12.2. The first-order valence-corrected chi connectivity index (χ1v) is 5.77. The van der Waals surface area contributed by atoms with Gasteiger partial charge in [-0.3, -0.25) is 4.79 Å². The number of nitrogens with one attached hydrogen (secondary N) is 1. The van der Waals surface area contributed by atoms with E-state index in [1.807, 2.05) is 4.90 Å². The van der Waals surface area contributed by atoms with Gasteiger partial charge in [0.1, 0.15) is 0 Å². The van der Waals surface area contributed by atoms with Gasteiger partial charge in [-0.1, -0.05) is 0 Å². The van der Waals surface area contributed by atoms with Crippen molar-refractivity contribution in [1.29, 1.82) is 0 Å². The maximum atomic E-state index is 12.2. The first-order chi connectivity index (χ1) is 7.28. The van der Waals surface area contributed by atoms with Crippen LogP contribution in [0, 0.1) is 5.41 Å². The van der Waals surface area contributed by atoms with Gasteiger partial charge in [-0.05, 0) is 25.8 Å². The van der Waals surface area contributed by atoms with Gasteiger partial charge < -0.3 is 15.0 Å². The Balaban J connectivity index is 1.96. The van der Waals surface area contributed by atoms with Crippen molar-refractivity contribution >= 4 is 5.91 Å². The molecular weight excluding hydrogens is 192 g/mol. The molecule has 0 aromatic heterocycles. The van der Waals surface area contributed by atoms with E-state index in [9.17, 15) is 4.79 Å². The number of rotatable bonds is 3. The summed E-state index contributed by atoms with van der Waals surface area (Å²) in [4.78, 5) is 14.2. The lowest BCUT2D eigenvalue weighted by molar-refractivity contribution is -0.137. The smallest absolute Gasteiger partial charge is 0.230 e. The van der Waals surface area contributed by atoms with Gasteiger partial charge in [0.15, 0.2) is 0 Å². The Labute approximate surface area is 91.0 Å². The topological polar surface area (TPSA) is 41.6 Å². The summed E-state index contributed by atoms with van der Waals surface area (Å²) >= 11 is 0. The molecule has 2 rings (SSSR count). The van der Waals surface area contributed by atoms with E-state index in [0.29, 0.717) is 12.5 Å². The number of methoxy groups -OCH3 is 1. The van der Waals surface area contributed by atoms with E-state index in [1.165, 1.54) is 0 Å². The van der Waals surface area contributed by atoms with E-state index < -0.39 is 0 Å². The van der Waals surface area contributed by atoms with Crippen molar-refractivity contribution in [3.63, 3.8) is 0 Å². The number of amides is 1. The van der Waals surface area contributed by atoms with E-state index in [2.05, 4.69) is 5.32 Å². The number of carbonyl (C=O) groups is 1.